The second-order valence-corrected chi connectivity index (χ2v) is 5.46. The van der Waals surface area contributed by atoms with E-state index in [0.717, 1.165) is 17.9 Å². The number of nitriles is 1. The molecule has 1 aromatic rings. The van der Waals surface area contributed by atoms with Gasteiger partial charge >= 0.3 is 5.97 Å². The number of methoxy groups -OCH3 is 1. The van der Waals surface area contributed by atoms with E-state index in [9.17, 15) is 9.90 Å². The van der Waals surface area contributed by atoms with Crippen molar-refractivity contribution in [3.63, 3.8) is 0 Å². The molecule has 0 aromatic heterocycles. The summed E-state index contributed by atoms with van der Waals surface area (Å²) in [7, 11) is 1.59. The SMILES string of the molecule is COc1ccc(C#N)cc1CN1CCC(C)(C(=O)O)C1. The standard InChI is InChI=1S/C15H18N2O3/c1-15(14(18)19)5-6-17(10-15)9-12-7-11(8-16)3-4-13(12)20-2/h3-4,7H,5-6,9-10H2,1-2H3,(H,18,19). The molecule has 5 nitrogen and oxygen atoms in total. The molecule has 1 unspecified atom stereocenters. The van der Waals surface area contributed by atoms with Crippen molar-refractivity contribution >= 4 is 5.97 Å². The van der Waals surface area contributed by atoms with Gasteiger partial charge in [0.25, 0.3) is 0 Å². The van der Waals surface area contributed by atoms with Crippen LogP contribution < -0.4 is 4.74 Å². The van der Waals surface area contributed by atoms with Crippen LogP contribution >= 0.6 is 0 Å². The molecule has 0 aliphatic carbocycles. The van der Waals surface area contributed by atoms with Gasteiger partial charge in [-0.1, -0.05) is 0 Å². The summed E-state index contributed by atoms with van der Waals surface area (Å²) in [5, 5.41) is 18.2. The molecule has 1 aromatic carbocycles. The average molecular weight is 274 g/mol. The Kier molecular flexibility index (Phi) is 3.96. The third-order valence-electron chi connectivity index (χ3n) is 3.87. The lowest BCUT2D eigenvalue weighted by molar-refractivity contribution is -0.147. The number of benzene rings is 1. The molecule has 0 radical (unpaired) electrons. The zero-order chi connectivity index (χ0) is 14.8. The Bertz CT molecular complexity index is 565. The molecule has 2 rings (SSSR count). The van der Waals surface area contributed by atoms with Crippen molar-refractivity contribution in [1.82, 2.24) is 4.90 Å². The fourth-order valence-electron chi connectivity index (χ4n) is 2.58. The lowest BCUT2D eigenvalue weighted by Gasteiger charge is -2.21. The molecule has 1 N–H and O–H groups in total. The zero-order valence-corrected chi connectivity index (χ0v) is 11.7. The van der Waals surface area contributed by atoms with Gasteiger partial charge in [0.05, 0.1) is 24.2 Å². The summed E-state index contributed by atoms with van der Waals surface area (Å²) in [6.07, 6.45) is 0.641. The Morgan fingerprint density at radius 2 is 2.35 bits per heavy atom. The minimum absolute atomic E-state index is 0.516. The molecule has 1 fully saturated rings. The van der Waals surface area contributed by atoms with Crippen LogP contribution in [0.1, 0.15) is 24.5 Å². The summed E-state index contributed by atoms with van der Waals surface area (Å²) in [5.41, 5.74) is 0.822. The number of carbonyl (C=O) groups is 1. The Labute approximate surface area is 118 Å². The smallest absolute Gasteiger partial charge is 0.310 e. The van der Waals surface area contributed by atoms with Gasteiger partial charge in [-0.25, -0.2) is 0 Å². The van der Waals surface area contributed by atoms with E-state index in [1.54, 1.807) is 32.2 Å². The van der Waals surface area contributed by atoms with Crippen molar-refractivity contribution in [2.75, 3.05) is 20.2 Å². The van der Waals surface area contributed by atoms with Crippen LogP contribution in [0.3, 0.4) is 0 Å². The van der Waals surface area contributed by atoms with E-state index < -0.39 is 11.4 Å². The molecule has 1 atom stereocenters. The van der Waals surface area contributed by atoms with Crippen LogP contribution in [0.5, 0.6) is 5.75 Å². The van der Waals surface area contributed by atoms with E-state index in [4.69, 9.17) is 10.00 Å². The molecule has 0 bridgehead atoms. The molecule has 20 heavy (non-hydrogen) atoms. The topological polar surface area (TPSA) is 73.6 Å². The number of rotatable bonds is 4. The minimum atomic E-state index is -0.752. The highest BCUT2D eigenvalue weighted by Gasteiger charge is 2.40. The van der Waals surface area contributed by atoms with E-state index >= 15 is 0 Å². The Morgan fingerprint density at radius 1 is 1.60 bits per heavy atom. The van der Waals surface area contributed by atoms with Crippen molar-refractivity contribution in [2.45, 2.75) is 19.9 Å². The molecule has 1 aliphatic heterocycles. The number of carboxylic acid groups (broad SMARTS) is 1. The number of hydrogen-bond donors (Lipinski definition) is 1. The predicted octanol–water partition coefficient (Wildman–Crippen LogP) is 1.86. The van der Waals surface area contributed by atoms with E-state index in [0.29, 0.717) is 25.1 Å². The molecule has 1 saturated heterocycles. The third kappa shape index (κ3) is 2.75. The van der Waals surface area contributed by atoms with Gasteiger partial charge in [0.15, 0.2) is 0 Å². The minimum Gasteiger partial charge on any atom is -0.496 e. The summed E-state index contributed by atoms with van der Waals surface area (Å²) in [6.45, 7) is 3.63. The van der Waals surface area contributed by atoms with Crippen LogP contribution in [-0.2, 0) is 11.3 Å². The molecule has 5 heteroatoms. The highest BCUT2D eigenvalue weighted by Crippen LogP contribution is 2.32. The summed E-state index contributed by atoms with van der Waals surface area (Å²) < 4.78 is 5.30. The zero-order valence-electron chi connectivity index (χ0n) is 11.7. The molecule has 1 aliphatic rings. The Hall–Kier alpha value is -2.06. The highest BCUT2D eigenvalue weighted by molar-refractivity contribution is 5.74. The Balaban J connectivity index is 2.15. The summed E-state index contributed by atoms with van der Waals surface area (Å²) in [5.74, 6) is -0.0225. The summed E-state index contributed by atoms with van der Waals surface area (Å²) >= 11 is 0. The number of hydrogen-bond acceptors (Lipinski definition) is 4. The molecule has 106 valence electrons. The highest BCUT2D eigenvalue weighted by atomic mass is 16.5. The van der Waals surface area contributed by atoms with E-state index in [1.165, 1.54) is 0 Å². The number of carboxylic acids is 1. The van der Waals surface area contributed by atoms with E-state index in [2.05, 4.69) is 11.0 Å². The van der Waals surface area contributed by atoms with Gasteiger partial charge in [0.2, 0.25) is 0 Å². The van der Waals surface area contributed by atoms with Gasteiger partial charge in [-0.05, 0) is 38.1 Å². The molecule has 0 spiro atoms. The molecule has 1 heterocycles. The molecule has 0 saturated carbocycles. The number of likely N-dealkylation sites (tertiary alicyclic amines) is 1. The first kappa shape index (κ1) is 14.4. The predicted molar refractivity (Wildman–Crippen MR) is 73.3 cm³/mol. The summed E-state index contributed by atoms with van der Waals surface area (Å²) in [6, 6.07) is 7.40. The fraction of sp³-hybridized carbons (Fsp3) is 0.467. The van der Waals surface area contributed by atoms with Gasteiger partial charge < -0.3 is 9.84 Å². The maximum Gasteiger partial charge on any atom is 0.310 e. The van der Waals surface area contributed by atoms with Gasteiger partial charge in [0.1, 0.15) is 5.75 Å². The largest absolute Gasteiger partial charge is 0.496 e. The van der Waals surface area contributed by atoms with Crippen LogP contribution in [0.25, 0.3) is 0 Å². The monoisotopic (exact) mass is 274 g/mol. The normalized spacial score (nSPS) is 22.4. The third-order valence-corrected chi connectivity index (χ3v) is 3.87. The van der Waals surface area contributed by atoms with Crippen molar-refractivity contribution in [1.29, 1.82) is 5.26 Å². The maximum absolute atomic E-state index is 11.3. The lowest BCUT2D eigenvalue weighted by Crippen LogP contribution is -2.31. The van der Waals surface area contributed by atoms with Gasteiger partial charge in [-0.2, -0.15) is 5.26 Å². The number of nitrogens with zero attached hydrogens (tertiary/aromatic N) is 2. The first-order valence-electron chi connectivity index (χ1n) is 6.51. The summed E-state index contributed by atoms with van der Waals surface area (Å²) in [4.78, 5) is 13.3. The van der Waals surface area contributed by atoms with Gasteiger partial charge in [-0.3, -0.25) is 9.69 Å². The van der Waals surface area contributed by atoms with E-state index in [-0.39, 0.29) is 0 Å². The second-order valence-electron chi connectivity index (χ2n) is 5.46. The lowest BCUT2D eigenvalue weighted by atomic mass is 9.90. The average Bonchev–Trinajstić information content (AvgIpc) is 2.81. The van der Waals surface area contributed by atoms with Crippen molar-refractivity contribution in [3.8, 4) is 11.8 Å². The van der Waals surface area contributed by atoms with Crippen molar-refractivity contribution in [3.05, 3.63) is 29.3 Å². The quantitative estimate of drug-likeness (QED) is 0.907. The number of ether oxygens (including phenoxy) is 1. The second kappa shape index (κ2) is 5.51. The van der Waals surface area contributed by atoms with Crippen LogP contribution in [0.2, 0.25) is 0 Å². The molecular formula is C15H18N2O3. The Morgan fingerprint density at radius 3 is 2.90 bits per heavy atom. The first-order chi connectivity index (χ1) is 9.48. The fourth-order valence-corrected chi connectivity index (χ4v) is 2.58. The maximum atomic E-state index is 11.3. The van der Waals surface area contributed by atoms with Crippen LogP contribution in [0.15, 0.2) is 18.2 Å². The van der Waals surface area contributed by atoms with Crippen LogP contribution in [0, 0.1) is 16.7 Å². The van der Waals surface area contributed by atoms with Crippen LogP contribution in [0.4, 0.5) is 0 Å². The number of aliphatic carboxylic acids is 1. The first-order valence-corrected chi connectivity index (χ1v) is 6.51. The van der Waals surface area contributed by atoms with E-state index in [1.807, 2.05) is 0 Å². The molecular weight excluding hydrogens is 256 g/mol. The van der Waals surface area contributed by atoms with Crippen molar-refractivity contribution < 1.29 is 14.6 Å². The van der Waals surface area contributed by atoms with Gasteiger partial charge in [0, 0.05) is 18.7 Å². The molecule has 0 amide bonds. The van der Waals surface area contributed by atoms with Crippen molar-refractivity contribution in [2.24, 2.45) is 5.41 Å². The van der Waals surface area contributed by atoms with Crippen LogP contribution in [-0.4, -0.2) is 36.2 Å². The van der Waals surface area contributed by atoms with Gasteiger partial charge in [-0.15, -0.1) is 0 Å².